The SMILES string of the molecule is O=C([O-])[C@H]1CC2CCC1CC2.[K+]. The van der Waals surface area contributed by atoms with E-state index in [1.54, 1.807) is 0 Å². The Morgan fingerprint density at radius 3 is 2.00 bits per heavy atom. The van der Waals surface area contributed by atoms with Crippen molar-refractivity contribution < 1.29 is 61.3 Å². The van der Waals surface area contributed by atoms with E-state index in [0.717, 1.165) is 19.3 Å². The van der Waals surface area contributed by atoms with Crippen LogP contribution in [0, 0.1) is 17.8 Å². The van der Waals surface area contributed by atoms with Crippen LogP contribution in [-0.4, -0.2) is 5.97 Å². The van der Waals surface area contributed by atoms with Crippen LogP contribution in [0.3, 0.4) is 0 Å². The van der Waals surface area contributed by atoms with E-state index >= 15 is 0 Å². The molecule has 3 fully saturated rings. The number of aliphatic carboxylic acids is 1. The second-order valence-electron chi connectivity index (χ2n) is 3.94. The van der Waals surface area contributed by atoms with Crippen LogP contribution in [-0.2, 0) is 4.79 Å². The Morgan fingerprint density at radius 1 is 1.17 bits per heavy atom. The predicted octanol–water partition coefficient (Wildman–Crippen LogP) is -2.43. The normalized spacial score (nSPS) is 38.8. The summed E-state index contributed by atoms with van der Waals surface area (Å²) < 4.78 is 0. The van der Waals surface area contributed by atoms with Crippen LogP contribution in [0.1, 0.15) is 32.1 Å². The fourth-order valence-corrected chi connectivity index (χ4v) is 2.67. The quantitative estimate of drug-likeness (QED) is 0.433. The van der Waals surface area contributed by atoms with Crippen LogP contribution in [0.5, 0.6) is 0 Å². The van der Waals surface area contributed by atoms with Crippen molar-refractivity contribution in [2.75, 3.05) is 0 Å². The number of rotatable bonds is 1. The summed E-state index contributed by atoms with van der Waals surface area (Å²) in [7, 11) is 0. The third-order valence-corrected chi connectivity index (χ3v) is 3.35. The number of carbonyl (C=O) groups is 1. The van der Waals surface area contributed by atoms with E-state index in [2.05, 4.69) is 0 Å². The van der Waals surface area contributed by atoms with Gasteiger partial charge in [-0.15, -0.1) is 0 Å². The van der Waals surface area contributed by atoms with Crippen LogP contribution in [0.25, 0.3) is 0 Å². The number of fused-ring (bicyclic) bond motifs is 3. The van der Waals surface area contributed by atoms with Gasteiger partial charge in [0.1, 0.15) is 0 Å². The first-order valence-electron chi connectivity index (χ1n) is 4.48. The summed E-state index contributed by atoms with van der Waals surface area (Å²) in [4.78, 5) is 10.6. The van der Waals surface area contributed by atoms with Gasteiger partial charge in [-0.05, 0) is 31.1 Å². The van der Waals surface area contributed by atoms with E-state index in [9.17, 15) is 9.90 Å². The van der Waals surface area contributed by atoms with Crippen LogP contribution < -0.4 is 56.5 Å². The molecule has 12 heavy (non-hydrogen) atoms. The van der Waals surface area contributed by atoms with Crippen molar-refractivity contribution in [3.05, 3.63) is 0 Å². The molecule has 0 aromatic rings. The molecule has 0 radical (unpaired) electrons. The maximum absolute atomic E-state index is 10.6. The zero-order valence-electron chi connectivity index (χ0n) is 7.58. The van der Waals surface area contributed by atoms with Gasteiger partial charge in [-0.3, -0.25) is 0 Å². The summed E-state index contributed by atoms with van der Waals surface area (Å²) in [5.41, 5.74) is 0. The first-order chi connectivity index (χ1) is 5.27. The van der Waals surface area contributed by atoms with Gasteiger partial charge in [0.2, 0.25) is 0 Å². The predicted molar refractivity (Wildman–Crippen MR) is 38.6 cm³/mol. The van der Waals surface area contributed by atoms with Crippen molar-refractivity contribution >= 4 is 5.97 Å². The summed E-state index contributed by atoms with van der Waals surface area (Å²) in [6.45, 7) is 0. The molecule has 3 heteroatoms. The van der Waals surface area contributed by atoms with E-state index in [4.69, 9.17) is 0 Å². The van der Waals surface area contributed by atoms with Gasteiger partial charge in [-0.25, -0.2) is 0 Å². The zero-order valence-corrected chi connectivity index (χ0v) is 10.7. The summed E-state index contributed by atoms with van der Waals surface area (Å²) in [5, 5.41) is 10.6. The molecule has 3 aliphatic carbocycles. The Bertz CT molecular complexity index is 173. The van der Waals surface area contributed by atoms with Gasteiger partial charge in [0.15, 0.2) is 0 Å². The number of hydrogen-bond acceptors (Lipinski definition) is 2. The van der Waals surface area contributed by atoms with Crippen LogP contribution in [0.2, 0.25) is 0 Å². The number of carboxylic acids is 1. The van der Waals surface area contributed by atoms with Crippen LogP contribution in [0.4, 0.5) is 0 Å². The van der Waals surface area contributed by atoms with Crippen LogP contribution >= 0.6 is 0 Å². The molecule has 0 aliphatic heterocycles. The molecule has 1 atom stereocenters. The molecule has 0 unspecified atom stereocenters. The fraction of sp³-hybridized carbons (Fsp3) is 0.889. The van der Waals surface area contributed by atoms with Crippen molar-refractivity contribution in [2.45, 2.75) is 32.1 Å². The molecule has 0 aromatic heterocycles. The average Bonchev–Trinajstić information content (AvgIpc) is 2.06. The van der Waals surface area contributed by atoms with E-state index in [1.807, 2.05) is 0 Å². The first-order valence-corrected chi connectivity index (χ1v) is 4.48. The van der Waals surface area contributed by atoms with E-state index in [0.29, 0.717) is 11.8 Å². The minimum atomic E-state index is -0.806. The topological polar surface area (TPSA) is 40.1 Å². The molecule has 0 saturated heterocycles. The summed E-state index contributed by atoms with van der Waals surface area (Å²) in [6.07, 6.45) is 5.67. The van der Waals surface area contributed by atoms with Crippen molar-refractivity contribution in [1.82, 2.24) is 0 Å². The van der Waals surface area contributed by atoms with Crippen molar-refractivity contribution in [3.8, 4) is 0 Å². The summed E-state index contributed by atoms with van der Waals surface area (Å²) >= 11 is 0. The monoisotopic (exact) mass is 192 g/mol. The third-order valence-electron chi connectivity index (χ3n) is 3.35. The molecule has 3 rings (SSSR count). The Hall–Kier alpha value is 1.11. The smallest absolute Gasteiger partial charge is 0.550 e. The van der Waals surface area contributed by atoms with Gasteiger partial charge >= 0.3 is 51.4 Å². The molecule has 0 N–H and O–H groups in total. The molecule has 0 spiro atoms. The van der Waals surface area contributed by atoms with Gasteiger partial charge in [0, 0.05) is 11.9 Å². The Morgan fingerprint density at radius 2 is 1.75 bits per heavy atom. The summed E-state index contributed by atoms with van der Waals surface area (Å²) in [5.74, 6) is 0.231. The largest absolute Gasteiger partial charge is 1.00 e. The molecule has 0 amide bonds. The molecule has 0 heterocycles. The molecular weight excluding hydrogens is 179 g/mol. The molecule has 3 aliphatic rings. The zero-order chi connectivity index (χ0) is 7.84. The van der Waals surface area contributed by atoms with Crippen molar-refractivity contribution in [3.63, 3.8) is 0 Å². The molecular formula is C9H13KO2. The second-order valence-corrected chi connectivity index (χ2v) is 3.94. The Kier molecular flexibility index (Phi) is 4.24. The minimum Gasteiger partial charge on any atom is -0.550 e. The third kappa shape index (κ3) is 2.12. The average molecular weight is 192 g/mol. The van der Waals surface area contributed by atoms with Gasteiger partial charge in [0.25, 0.3) is 0 Å². The van der Waals surface area contributed by atoms with E-state index in [1.165, 1.54) is 12.8 Å². The Labute approximate surface area is 116 Å². The van der Waals surface area contributed by atoms with Gasteiger partial charge in [-0.1, -0.05) is 12.8 Å². The molecule has 2 nitrogen and oxygen atoms in total. The first kappa shape index (κ1) is 11.2. The van der Waals surface area contributed by atoms with Crippen LogP contribution in [0.15, 0.2) is 0 Å². The number of carboxylic acid groups (broad SMARTS) is 1. The van der Waals surface area contributed by atoms with Crippen molar-refractivity contribution in [2.24, 2.45) is 17.8 Å². The molecule has 62 valence electrons. The molecule has 2 bridgehead atoms. The van der Waals surface area contributed by atoms with E-state index < -0.39 is 5.97 Å². The van der Waals surface area contributed by atoms with Gasteiger partial charge in [0.05, 0.1) is 0 Å². The van der Waals surface area contributed by atoms with E-state index in [-0.39, 0.29) is 57.3 Å². The molecule has 3 saturated carbocycles. The van der Waals surface area contributed by atoms with Gasteiger partial charge < -0.3 is 9.90 Å². The van der Waals surface area contributed by atoms with Gasteiger partial charge in [-0.2, -0.15) is 0 Å². The second kappa shape index (κ2) is 4.56. The maximum atomic E-state index is 10.6. The Balaban J connectivity index is 0.000000720. The maximum Gasteiger partial charge on any atom is 1.00 e. The standard InChI is InChI=1S/C9H14O2.K/c10-9(11)8-5-6-1-3-7(8)4-2-6;/h6-8H,1-5H2,(H,10,11);/q;+1/p-1/t6?,7?,8-;/m0./s1. The molecule has 0 aromatic carbocycles. The number of carbonyl (C=O) groups excluding carboxylic acids is 1. The minimum absolute atomic E-state index is 0. The number of hydrogen-bond donors (Lipinski definition) is 0. The van der Waals surface area contributed by atoms with Crippen molar-refractivity contribution in [1.29, 1.82) is 0 Å². The fourth-order valence-electron chi connectivity index (χ4n) is 2.67. The summed E-state index contributed by atoms with van der Waals surface area (Å²) in [6, 6.07) is 0.